The van der Waals surface area contributed by atoms with Gasteiger partial charge in [-0.2, -0.15) is 0 Å². The maximum Gasteiger partial charge on any atom is 0.316 e. The first-order valence-corrected chi connectivity index (χ1v) is 9.36. The van der Waals surface area contributed by atoms with Crippen LogP contribution in [0.15, 0.2) is 18.2 Å². The second kappa shape index (κ2) is 9.25. The third-order valence-corrected chi connectivity index (χ3v) is 5.25. The minimum absolute atomic E-state index is 0.105. The van der Waals surface area contributed by atoms with E-state index in [0.29, 0.717) is 15.0 Å². The van der Waals surface area contributed by atoms with Crippen molar-refractivity contribution in [3.05, 3.63) is 28.8 Å². The van der Waals surface area contributed by atoms with Gasteiger partial charge in [0.2, 0.25) is 0 Å². The van der Waals surface area contributed by atoms with Crippen LogP contribution in [0.4, 0.5) is 5.69 Å². The Morgan fingerprint density at radius 3 is 2.75 bits per heavy atom. The van der Waals surface area contributed by atoms with Crippen molar-refractivity contribution in [1.29, 1.82) is 0 Å². The first-order chi connectivity index (χ1) is 11.5. The number of hydrogen-bond donors (Lipinski definition) is 1. The molecule has 1 aliphatic heterocycles. The molecular weight excluding hydrogens is 368 g/mol. The number of likely N-dealkylation sites (tertiary alicyclic amines) is 1. The topological polar surface area (TPSA) is 58.6 Å². The molecule has 1 aromatic carbocycles. The first kappa shape index (κ1) is 19.0. The average molecular weight is 387 g/mol. The van der Waals surface area contributed by atoms with Gasteiger partial charge in [0.25, 0.3) is 5.91 Å². The van der Waals surface area contributed by atoms with Gasteiger partial charge in [0.15, 0.2) is 6.61 Å². The van der Waals surface area contributed by atoms with Crippen LogP contribution in [0, 0.1) is 6.92 Å². The Balaban J connectivity index is 1.69. The number of halogens is 1. The third kappa shape index (κ3) is 5.96. The zero-order valence-electron chi connectivity index (χ0n) is 13.3. The molecular formula is C16H19ClN2O3S2. The van der Waals surface area contributed by atoms with Crippen molar-refractivity contribution >= 4 is 57.5 Å². The highest BCUT2D eigenvalue weighted by Crippen LogP contribution is 2.22. The number of esters is 1. The fraction of sp³-hybridized carbons (Fsp3) is 0.438. The van der Waals surface area contributed by atoms with Crippen LogP contribution in [0.2, 0.25) is 5.02 Å². The number of nitrogens with one attached hydrogen (secondary N) is 1. The standard InChI is InChI=1S/C16H19ClN2O3S2/c1-11-4-5-13(12(17)8-11)18-14(20)9-22-15(21)10-24-16(23)19-6-2-3-7-19/h4-5,8H,2-3,6-7,9-10H2,1H3,(H,18,20). The molecule has 1 amide bonds. The monoisotopic (exact) mass is 386 g/mol. The van der Waals surface area contributed by atoms with Crippen molar-refractivity contribution in [2.45, 2.75) is 19.8 Å². The number of nitrogens with zero attached hydrogens (tertiary/aromatic N) is 1. The Morgan fingerprint density at radius 2 is 2.08 bits per heavy atom. The molecule has 0 radical (unpaired) electrons. The lowest BCUT2D eigenvalue weighted by Gasteiger charge is -2.17. The van der Waals surface area contributed by atoms with Gasteiger partial charge in [0, 0.05) is 13.1 Å². The Kier molecular flexibility index (Phi) is 7.33. The lowest BCUT2D eigenvalue weighted by molar-refractivity contribution is -0.144. The summed E-state index contributed by atoms with van der Waals surface area (Å²) in [5, 5.41) is 3.06. The van der Waals surface area contributed by atoms with Gasteiger partial charge in [-0.25, -0.2) is 0 Å². The van der Waals surface area contributed by atoms with Gasteiger partial charge in [-0.3, -0.25) is 9.59 Å². The second-order valence-electron chi connectivity index (χ2n) is 5.44. The minimum atomic E-state index is -0.466. The Morgan fingerprint density at radius 1 is 1.38 bits per heavy atom. The van der Waals surface area contributed by atoms with E-state index in [-0.39, 0.29) is 12.4 Å². The van der Waals surface area contributed by atoms with Crippen LogP contribution >= 0.6 is 35.6 Å². The van der Waals surface area contributed by atoms with E-state index in [1.807, 2.05) is 13.0 Å². The van der Waals surface area contributed by atoms with E-state index < -0.39 is 11.9 Å². The maximum atomic E-state index is 11.8. The van der Waals surface area contributed by atoms with Crippen LogP contribution in [0.5, 0.6) is 0 Å². The van der Waals surface area contributed by atoms with Crippen molar-refractivity contribution in [3.63, 3.8) is 0 Å². The molecule has 1 N–H and O–H groups in total. The van der Waals surface area contributed by atoms with E-state index >= 15 is 0 Å². The predicted molar refractivity (Wildman–Crippen MR) is 102 cm³/mol. The van der Waals surface area contributed by atoms with Crippen molar-refractivity contribution in [2.75, 3.05) is 30.8 Å². The summed E-state index contributed by atoms with van der Waals surface area (Å²) in [7, 11) is 0. The SMILES string of the molecule is Cc1ccc(NC(=O)COC(=O)CSC(=S)N2CCCC2)c(Cl)c1. The molecule has 24 heavy (non-hydrogen) atoms. The van der Waals surface area contributed by atoms with Crippen molar-refractivity contribution < 1.29 is 14.3 Å². The fourth-order valence-corrected chi connectivity index (χ4v) is 3.54. The number of carbonyl (C=O) groups is 2. The lowest BCUT2D eigenvalue weighted by Crippen LogP contribution is -2.25. The number of benzene rings is 1. The van der Waals surface area contributed by atoms with Crippen LogP contribution in [0.25, 0.3) is 0 Å². The van der Waals surface area contributed by atoms with E-state index in [9.17, 15) is 9.59 Å². The Bertz CT molecular complexity index is 634. The number of aryl methyl sites for hydroxylation is 1. The summed E-state index contributed by atoms with van der Waals surface area (Å²) in [6.07, 6.45) is 2.26. The summed E-state index contributed by atoms with van der Waals surface area (Å²) in [5.41, 5.74) is 1.49. The summed E-state index contributed by atoms with van der Waals surface area (Å²) in [6, 6.07) is 5.30. The molecule has 2 rings (SSSR count). The van der Waals surface area contributed by atoms with Crippen molar-refractivity contribution in [3.8, 4) is 0 Å². The molecule has 8 heteroatoms. The molecule has 1 heterocycles. The van der Waals surface area contributed by atoms with Crippen LogP contribution in [0.1, 0.15) is 18.4 Å². The van der Waals surface area contributed by atoms with Crippen LogP contribution < -0.4 is 5.32 Å². The summed E-state index contributed by atoms with van der Waals surface area (Å²) < 4.78 is 5.67. The van der Waals surface area contributed by atoms with E-state index in [0.717, 1.165) is 31.5 Å². The smallest absolute Gasteiger partial charge is 0.316 e. The zero-order chi connectivity index (χ0) is 17.5. The molecule has 0 saturated carbocycles. The Labute approximate surface area is 156 Å². The van der Waals surface area contributed by atoms with E-state index in [1.54, 1.807) is 12.1 Å². The molecule has 1 fully saturated rings. The van der Waals surface area contributed by atoms with Gasteiger partial charge in [0.1, 0.15) is 4.32 Å². The van der Waals surface area contributed by atoms with Gasteiger partial charge in [-0.15, -0.1) is 0 Å². The molecule has 0 aromatic heterocycles. The summed E-state index contributed by atoms with van der Waals surface area (Å²) in [4.78, 5) is 25.6. The highest BCUT2D eigenvalue weighted by Gasteiger charge is 2.17. The van der Waals surface area contributed by atoms with Crippen LogP contribution in [-0.2, 0) is 14.3 Å². The number of amides is 1. The van der Waals surface area contributed by atoms with Crippen LogP contribution in [0.3, 0.4) is 0 Å². The normalized spacial score (nSPS) is 13.7. The molecule has 1 saturated heterocycles. The maximum absolute atomic E-state index is 11.8. The molecule has 0 spiro atoms. The van der Waals surface area contributed by atoms with Gasteiger partial charge >= 0.3 is 5.97 Å². The number of hydrogen-bond acceptors (Lipinski definition) is 5. The second-order valence-corrected chi connectivity index (χ2v) is 7.46. The quantitative estimate of drug-likeness (QED) is 0.619. The van der Waals surface area contributed by atoms with E-state index in [4.69, 9.17) is 28.6 Å². The molecule has 1 aliphatic rings. The molecule has 0 atom stereocenters. The number of carbonyl (C=O) groups excluding carboxylic acids is 2. The highest BCUT2D eigenvalue weighted by atomic mass is 35.5. The van der Waals surface area contributed by atoms with Gasteiger partial charge in [-0.05, 0) is 37.5 Å². The van der Waals surface area contributed by atoms with Gasteiger partial charge < -0.3 is 15.0 Å². The number of anilines is 1. The predicted octanol–water partition coefficient (Wildman–Crippen LogP) is 3.24. The minimum Gasteiger partial charge on any atom is -0.455 e. The van der Waals surface area contributed by atoms with Gasteiger partial charge in [-0.1, -0.05) is 41.6 Å². The summed E-state index contributed by atoms with van der Waals surface area (Å²) >= 11 is 12.6. The molecule has 1 aromatic rings. The highest BCUT2D eigenvalue weighted by molar-refractivity contribution is 8.23. The van der Waals surface area contributed by atoms with E-state index in [2.05, 4.69) is 10.2 Å². The molecule has 0 aliphatic carbocycles. The number of thiocarbonyl (C=S) groups is 1. The first-order valence-electron chi connectivity index (χ1n) is 7.59. The largest absolute Gasteiger partial charge is 0.455 e. The van der Waals surface area contributed by atoms with E-state index in [1.165, 1.54) is 11.8 Å². The molecule has 130 valence electrons. The summed E-state index contributed by atoms with van der Waals surface area (Å²) in [6.45, 7) is 3.45. The zero-order valence-corrected chi connectivity index (χ0v) is 15.7. The van der Waals surface area contributed by atoms with Gasteiger partial charge in [0.05, 0.1) is 16.5 Å². The fourth-order valence-electron chi connectivity index (χ4n) is 2.21. The number of thioether (sulfide) groups is 1. The number of ether oxygens (including phenoxy) is 1. The molecule has 0 unspecified atom stereocenters. The Hall–Kier alpha value is -1.31. The lowest BCUT2D eigenvalue weighted by atomic mass is 10.2. The third-order valence-electron chi connectivity index (χ3n) is 3.44. The van der Waals surface area contributed by atoms with Crippen molar-refractivity contribution in [2.24, 2.45) is 0 Å². The average Bonchev–Trinajstić information content (AvgIpc) is 3.08. The summed E-state index contributed by atoms with van der Waals surface area (Å²) in [5.74, 6) is -0.790. The molecule has 5 nitrogen and oxygen atoms in total. The van der Waals surface area contributed by atoms with Crippen LogP contribution in [-0.4, -0.2) is 46.5 Å². The molecule has 0 bridgehead atoms. The van der Waals surface area contributed by atoms with Crippen molar-refractivity contribution in [1.82, 2.24) is 4.90 Å². The number of rotatable bonds is 5.